The number of nitrogens with one attached hydrogen (secondary N) is 1. The molecular formula is C46H59NO3S. The Morgan fingerprint density at radius 2 is 1.04 bits per heavy atom. The van der Waals surface area contributed by atoms with Crippen LogP contribution in [0.2, 0.25) is 0 Å². The highest BCUT2D eigenvalue weighted by Crippen LogP contribution is 2.43. The van der Waals surface area contributed by atoms with Gasteiger partial charge < -0.3 is 10.1 Å². The van der Waals surface area contributed by atoms with Gasteiger partial charge in [-0.15, -0.1) is 11.8 Å². The molecule has 0 aliphatic rings. The number of hydrogen-bond donors (Lipinski definition) is 1. The van der Waals surface area contributed by atoms with Gasteiger partial charge in [-0.25, -0.2) is 0 Å². The van der Waals surface area contributed by atoms with Crippen molar-refractivity contribution in [1.29, 1.82) is 0 Å². The standard InChI is InChI=1S/C46H59NO3S/c1-6-9-12-17-35-22-28-38(29-23-35)43(39-30-24-36(25-31-39)18-13-10-7-2)44(46(49)47-41-20-15-16-21-42(41)51-5)45(50-34(4)48)40-32-26-37(27-33-40)19-14-11-8-3/h15-16,20-33,43-45H,6-14,17-19H2,1-5H3,(H,47,49). The van der Waals surface area contributed by atoms with Crippen molar-refractivity contribution in [1.82, 2.24) is 0 Å². The summed E-state index contributed by atoms with van der Waals surface area (Å²) >= 11 is 1.59. The number of anilines is 1. The molecule has 0 aliphatic carbocycles. The lowest BCUT2D eigenvalue weighted by atomic mass is 9.75. The van der Waals surface area contributed by atoms with Crippen molar-refractivity contribution in [3.8, 4) is 0 Å². The maximum absolute atomic E-state index is 15.0. The Kier molecular flexibility index (Phi) is 16.9. The van der Waals surface area contributed by atoms with E-state index in [2.05, 4.69) is 98.9 Å². The van der Waals surface area contributed by atoms with E-state index in [0.717, 1.165) is 65.8 Å². The molecule has 2 unspecified atom stereocenters. The van der Waals surface area contributed by atoms with E-state index in [1.54, 1.807) is 11.8 Å². The molecule has 1 amide bonds. The number of hydrogen-bond acceptors (Lipinski definition) is 4. The number of thioether (sulfide) groups is 1. The summed E-state index contributed by atoms with van der Waals surface area (Å²) in [6.07, 6.45) is 14.8. The maximum atomic E-state index is 15.0. The maximum Gasteiger partial charge on any atom is 0.303 e. The minimum atomic E-state index is -0.813. The van der Waals surface area contributed by atoms with Crippen molar-refractivity contribution in [2.24, 2.45) is 5.92 Å². The lowest BCUT2D eigenvalue weighted by molar-refractivity contribution is -0.151. The highest BCUT2D eigenvalue weighted by Gasteiger charge is 2.40. The number of para-hydroxylation sites is 1. The van der Waals surface area contributed by atoms with Crippen LogP contribution in [0, 0.1) is 5.92 Å². The number of aryl methyl sites for hydroxylation is 3. The summed E-state index contributed by atoms with van der Waals surface area (Å²) in [6.45, 7) is 8.11. The van der Waals surface area contributed by atoms with Crippen LogP contribution in [0.5, 0.6) is 0 Å². The third-order valence-corrected chi connectivity index (χ3v) is 10.6. The van der Waals surface area contributed by atoms with Gasteiger partial charge >= 0.3 is 5.97 Å². The van der Waals surface area contributed by atoms with Crippen molar-refractivity contribution in [2.45, 2.75) is 122 Å². The first kappa shape index (κ1) is 39.9. The molecule has 4 rings (SSSR count). The number of carbonyl (C=O) groups excluding carboxylic acids is 2. The van der Waals surface area contributed by atoms with Gasteiger partial charge in [-0.1, -0.05) is 144 Å². The molecular weight excluding hydrogens is 647 g/mol. The zero-order valence-corrected chi connectivity index (χ0v) is 32.4. The van der Waals surface area contributed by atoms with Gasteiger partial charge in [-0.05, 0) is 90.3 Å². The van der Waals surface area contributed by atoms with Gasteiger partial charge in [0.1, 0.15) is 6.10 Å². The molecule has 4 aromatic carbocycles. The van der Waals surface area contributed by atoms with Crippen LogP contribution in [0.4, 0.5) is 5.69 Å². The second-order valence-corrected chi connectivity index (χ2v) is 14.7. The van der Waals surface area contributed by atoms with Crippen LogP contribution >= 0.6 is 11.8 Å². The third kappa shape index (κ3) is 12.1. The lowest BCUT2D eigenvalue weighted by Gasteiger charge is -2.34. The molecule has 4 aromatic rings. The number of unbranched alkanes of at least 4 members (excludes halogenated alkanes) is 6. The second-order valence-electron chi connectivity index (χ2n) is 13.8. The highest BCUT2D eigenvalue weighted by atomic mass is 32.2. The minimum absolute atomic E-state index is 0.182. The third-order valence-electron chi connectivity index (χ3n) is 9.84. The quantitative estimate of drug-likeness (QED) is 0.0533. The van der Waals surface area contributed by atoms with Gasteiger partial charge in [0.2, 0.25) is 5.91 Å². The van der Waals surface area contributed by atoms with Crippen molar-refractivity contribution < 1.29 is 14.3 Å². The van der Waals surface area contributed by atoms with Gasteiger partial charge in [0.15, 0.2) is 0 Å². The van der Waals surface area contributed by atoms with E-state index in [1.807, 2.05) is 30.5 Å². The summed E-state index contributed by atoms with van der Waals surface area (Å²) in [6, 6.07) is 33.8. The average molecular weight is 706 g/mol. The monoisotopic (exact) mass is 705 g/mol. The Balaban J connectivity index is 1.86. The van der Waals surface area contributed by atoms with Crippen molar-refractivity contribution in [3.63, 3.8) is 0 Å². The van der Waals surface area contributed by atoms with Gasteiger partial charge in [0, 0.05) is 17.7 Å². The zero-order valence-electron chi connectivity index (χ0n) is 31.6. The molecule has 51 heavy (non-hydrogen) atoms. The normalized spacial score (nSPS) is 12.4. The van der Waals surface area contributed by atoms with E-state index in [4.69, 9.17) is 4.74 Å². The molecule has 2 atom stereocenters. The Bertz CT molecular complexity index is 1560. The first-order valence-electron chi connectivity index (χ1n) is 19.3. The van der Waals surface area contributed by atoms with Gasteiger partial charge in [0.05, 0.1) is 11.6 Å². The summed E-state index contributed by atoms with van der Waals surface area (Å²) in [5, 5.41) is 3.29. The fourth-order valence-corrected chi connectivity index (χ4v) is 7.51. The smallest absolute Gasteiger partial charge is 0.303 e. The average Bonchev–Trinajstić information content (AvgIpc) is 3.14. The van der Waals surface area contributed by atoms with Crippen LogP contribution < -0.4 is 5.32 Å². The van der Waals surface area contributed by atoms with E-state index >= 15 is 0 Å². The Morgan fingerprint density at radius 3 is 1.45 bits per heavy atom. The second kappa shape index (κ2) is 21.5. The number of rotatable bonds is 21. The molecule has 0 saturated carbocycles. The molecule has 0 aliphatic heterocycles. The lowest BCUT2D eigenvalue weighted by Crippen LogP contribution is -2.36. The molecule has 0 fully saturated rings. The van der Waals surface area contributed by atoms with Crippen molar-refractivity contribution in [3.05, 3.63) is 130 Å². The molecule has 1 N–H and O–H groups in total. The van der Waals surface area contributed by atoms with E-state index in [0.29, 0.717) is 0 Å². The topological polar surface area (TPSA) is 55.4 Å². The van der Waals surface area contributed by atoms with Crippen LogP contribution in [0.1, 0.15) is 131 Å². The Morgan fingerprint density at radius 1 is 0.608 bits per heavy atom. The summed E-state index contributed by atoms with van der Waals surface area (Å²) < 4.78 is 6.25. The van der Waals surface area contributed by atoms with Crippen LogP contribution in [0.25, 0.3) is 0 Å². The van der Waals surface area contributed by atoms with Crippen LogP contribution in [-0.2, 0) is 33.6 Å². The molecule has 0 spiro atoms. The molecule has 5 heteroatoms. The number of esters is 1. The molecule has 0 aromatic heterocycles. The van der Waals surface area contributed by atoms with E-state index in [9.17, 15) is 9.59 Å². The van der Waals surface area contributed by atoms with Gasteiger partial charge in [-0.2, -0.15) is 0 Å². The fraction of sp³-hybridized carbons (Fsp3) is 0.435. The van der Waals surface area contributed by atoms with Crippen LogP contribution in [0.3, 0.4) is 0 Å². The Labute approximate surface area is 312 Å². The molecule has 272 valence electrons. The zero-order chi connectivity index (χ0) is 36.4. The van der Waals surface area contributed by atoms with E-state index in [-0.39, 0.29) is 11.8 Å². The van der Waals surface area contributed by atoms with Gasteiger partial charge in [0.25, 0.3) is 0 Å². The predicted octanol–water partition coefficient (Wildman–Crippen LogP) is 12.3. The summed E-state index contributed by atoms with van der Waals surface area (Å²) in [5.74, 6) is -1.73. The predicted molar refractivity (Wildman–Crippen MR) is 216 cm³/mol. The number of benzene rings is 4. The van der Waals surface area contributed by atoms with Crippen molar-refractivity contribution >= 4 is 29.3 Å². The number of carbonyl (C=O) groups is 2. The Hall–Kier alpha value is -3.83. The first-order valence-corrected chi connectivity index (χ1v) is 20.5. The summed E-state index contributed by atoms with van der Waals surface area (Å²) in [4.78, 5) is 28.9. The first-order chi connectivity index (χ1) is 24.9. The largest absolute Gasteiger partial charge is 0.457 e. The van der Waals surface area contributed by atoms with E-state index in [1.165, 1.54) is 62.1 Å². The van der Waals surface area contributed by atoms with Crippen LogP contribution in [0.15, 0.2) is 102 Å². The molecule has 0 heterocycles. The number of ether oxygens (including phenoxy) is 1. The summed E-state index contributed by atoms with van der Waals surface area (Å²) in [7, 11) is 0. The highest BCUT2D eigenvalue weighted by molar-refractivity contribution is 7.98. The van der Waals surface area contributed by atoms with Gasteiger partial charge in [-0.3, -0.25) is 9.59 Å². The minimum Gasteiger partial charge on any atom is -0.457 e. The number of amides is 1. The molecule has 0 bridgehead atoms. The SMILES string of the molecule is CCCCCc1ccc(C(OC(C)=O)C(C(=O)Nc2ccccc2SC)C(c2ccc(CCCCC)cc2)c2ccc(CCCCC)cc2)cc1. The van der Waals surface area contributed by atoms with Crippen LogP contribution in [-0.4, -0.2) is 18.1 Å². The molecule has 0 radical (unpaired) electrons. The van der Waals surface area contributed by atoms with Crippen molar-refractivity contribution in [2.75, 3.05) is 11.6 Å². The molecule has 0 saturated heterocycles. The molecule has 4 nitrogen and oxygen atoms in total. The summed E-state index contributed by atoms with van der Waals surface area (Å²) in [5.41, 5.74) is 7.46. The van der Waals surface area contributed by atoms with E-state index < -0.39 is 18.0 Å². The fourth-order valence-electron chi connectivity index (χ4n) is 6.96.